The molecule has 5 rings (SSSR count). The standard InChI is InChI=1S/C24H28F3N7O4/c1-31-12-14(24(25,26)27)9-16(22(31)36)30-23(37)32(2)15-5-7-33(8-6-15)17-11-29-34-13-21(28-10-18(17)34)38-20-4-3-19(20)35/h9-13,15,19-20,35H,3-8H2,1-2H3,(H,30,37)/t19-,20+/m1/s1. The summed E-state index contributed by atoms with van der Waals surface area (Å²) < 4.78 is 47.6. The van der Waals surface area contributed by atoms with Gasteiger partial charge in [-0.3, -0.25) is 4.79 Å². The number of anilines is 2. The van der Waals surface area contributed by atoms with Crippen molar-refractivity contribution in [2.45, 2.75) is 50.1 Å². The molecule has 2 amide bonds. The van der Waals surface area contributed by atoms with Crippen LogP contribution in [0, 0.1) is 0 Å². The lowest BCUT2D eigenvalue weighted by molar-refractivity contribution is -0.138. The van der Waals surface area contributed by atoms with E-state index < -0.39 is 35.1 Å². The molecule has 4 heterocycles. The van der Waals surface area contributed by atoms with Gasteiger partial charge in [0.2, 0.25) is 5.88 Å². The van der Waals surface area contributed by atoms with Gasteiger partial charge in [-0.1, -0.05) is 0 Å². The maximum atomic E-state index is 13.1. The monoisotopic (exact) mass is 535 g/mol. The molecule has 2 atom stereocenters. The summed E-state index contributed by atoms with van der Waals surface area (Å²) in [5.74, 6) is 0.387. The molecule has 0 aromatic carbocycles. The number of urea groups is 1. The Bertz CT molecular complexity index is 1400. The van der Waals surface area contributed by atoms with E-state index in [9.17, 15) is 27.9 Å². The second-order valence-electron chi connectivity index (χ2n) is 9.70. The van der Waals surface area contributed by atoms with Crippen LogP contribution in [0.15, 0.2) is 35.6 Å². The van der Waals surface area contributed by atoms with Gasteiger partial charge in [-0.15, -0.1) is 0 Å². The van der Waals surface area contributed by atoms with Gasteiger partial charge < -0.3 is 29.5 Å². The fraction of sp³-hybridized carbons (Fsp3) is 0.500. The molecule has 1 aliphatic carbocycles. The van der Waals surface area contributed by atoms with Gasteiger partial charge in [-0.05, 0) is 31.7 Å². The molecular formula is C24H28F3N7O4. The van der Waals surface area contributed by atoms with Crippen LogP contribution in [0.25, 0.3) is 5.52 Å². The number of nitrogens with zero attached hydrogens (tertiary/aromatic N) is 6. The Morgan fingerprint density at radius 3 is 2.55 bits per heavy atom. The maximum absolute atomic E-state index is 13.1. The first-order valence-electron chi connectivity index (χ1n) is 12.3. The zero-order chi connectivity index (χ0) is 27.2. The number of alkyl halides is 3. The number of piperidine rings is 1. The van der Waals surface area contributed by atoms with E-state index in [0.717, 1.165) is 28.6 Å². The van der Waals surface area contributed by atoms with Crippen LogP contribution in [0.5, 0.6) is 5.88 Å². The third-order valence-corrected chi connectivity index (χ3v) is 7.23. The normalized spacial score (nSPS) is 20.3. The van der Waals surface area contributed by atoms with Gasteiger partial charge in [0.25, 0.3) is 5.56 Å². The van der Waals surface area contributed by atoms with Crippen molar-refractivity contribution < 1.29 is 27.8 Å². The lowest BCUT2D eigenvalue weighted by Crippen LogP contribution is -2.47. The highest BCUT2D eigenvalue weighted by Gasteiger charge is 2.33. The van der Waals surface area contributed by atoms with E-state index in [2.05, 4.69) is 20.3 Å². The largest absolute Gasteiger partial charge is 0.471 e. The Labute approximate surface area is 215 Å². The van der Waals surface area contributed by atoms with Crippen molar-refractivity contribution in [1.82, 2.24) is 24.1 Å². The first kappa shape index (κ1) is 25.8. The topological polar surface area (TPSA) is 117 Å². The Kier molecular flexibility index (Phi) is 6.67. The number of nitrogens with one attached hydrogen (secondary N) is 1. The van der Waals surface area contributed by atoms with Crippen LogP contribution in [0.4, 0.5) is 29.3 Å². The van der Waals surface area contributed by atoms with E-state index in [-0.39, 0.29) is 12.1 Å². The van der Waals surface area contributed by atoms with Crippen molar-refractivity contribution in [2.75, 3.05) is 30.4 Å². The van der Waals surface area contributed by atoms with Gasteiger partial charge in [-0.2, -0.15) is 18.3 Å². The summed E-state index contributed by atoms with van der Waals surface area (Å²) in [4.78, 5) is 33.0. The van der Waals surface area contributed by atoms with Crippen LogP contribution in [0.3, 0.4) is 0 Å². The molecule has 0 spiro atoms. The highest BCUT2D eigenvalue weighted by atomic mass is 19.4. The number of carbonyl (C=O) groups is 1. The summed E-state index contributed by atoms with van der Waals surface area (Å²) in [5, 5.41) is 16.5. The van der Waals surface area contributed by atoms with Crippen LogP contribution in [0.1, 0.15) is 31.2 Å². The highest BCUT2D eigenvalue weighted by molar-refractivity contribution is 5.89. The zero-order valence-electron chi connectivity index (χ0n) is 20.9. The van der Waals surface area contributed by atoms with E-state index in [1.54, 1.807) is 30.2 Å². The number of hydrogen-bond donors (Lipinski definition) is 2. The number of aromatic nitrogens is 4. The molecule has 2 fully saturated rings. The lowest BCUT2D eigenvalue weighted by Gasteiger charge is -2.37. The fourth-order valence-corrected chi connectivity index (χ4v) is 4.72. The summed E-state index contributed by atoms with van der Waals surface area (Å²) >= 11 is 0. The molecule has 11 nitrogen and oxygen atoms in total. The minimum atomic E-state index is -4.65. The van der Waals surface area contributed by atoms with Crippen molar-refractivity contribution in [3.63, 3.8) is 0 Å². The van der Waals surface area contributed by atoms with Crippen LogP contribution < -0.4 is 20.5 Å². The minimum absolute atomic E-state index is 0.172. The van der Waals surface area contributed by atoms with Crippen molar-refractivity contribution >= 4 is 22.9 Å². The van der Waals surface area contributed by atoms with E-state index in [1.165, 1.54) is 11.9 Å². The molecule has 204 valence electrons. The fourth-order valence-electron chi connectivity index (χ4n) is 4.72. The van der Waals surface area contributed by atoms with Gasteiger partial charge in [0.1, 0.15) is 17.3 Å². The number of pyridine rings is 1. The van der Waals surface area contributed by atoms with E-state index in [0.29, 0.717) is 44.1 Å². The van der Waals surface area contributed by atoms with Crippen molar-refractivity contribution in [1.29, 1.82) is 0 Å². The van der Waals surface area contributed by atoms with Gasteiger partial charge in [0.05, 0.1) is 35.9 Å². The number of aliphatic hydroxyl groups excluding tert-OH is 1. The molecule has 1 aliphatic heterocycles. The minimum Gasteiger partial charge on any atom is -0.471 e. The second kappa shape index (κ2) is 9.82. The summed E-state index contributed by atoms with van der Waals surface area (Å²) in [6, 6.07) is -0.167. The smallest absolute Gasteiger partial charge is 0.417 e. The number of amides is 2. The molecule has 14 heteroatoms. The van der Waals surface area contributed by atoms with Gasteiger partial charge in [0, 0.05) is 39.4 Å². The third-order valence-electron chi connectivity index (χ3n) is 7.23. The molecule has 1 saturated carbocycles. The van der Waals surface area contributed by atoms with Gasteiger partial charge in [-0.25, -0.2) is 14.3 Å². The zero-order valence-corrected chi connectivity index (χ0v) is 20.9. The van der Waals surface area contributed by atoms with Crippen molar-refractivity contribution in [3.05, 3.63) is 46.8 Å². The Morgan fingerprint density at radius 1 is 1.18 bits per heavy atom. The molecule has 0 bridgehead atoms. The summed E-state index contributed by atoms with van der Waals surface area (Å²) in [6.07, 6.45) is 3.11. The Balaban J connectivity index is 1.21. The Morgan fingerprint density at radius 2 is 1.92 bits per heavy atom. The quantitative estimate of drug-likeness (QED) is 0.516. The van der Waals surface area contributed by atoms with Gasteiger partial charge >= 0.3 is 12.2 Å². The van der Waals surface area contributed by atoms with E-state index in [1.807, 2.05) is 0 Å². The maximum Gasteiger partial charge on any atom is 0.417 e. The molecule has 3 aromatic heterocycles. The first-order valence-corrected chi connectivity index (χ1v) is 12.3. The number of hydrogen-bond acceptors (Lipinski definition) is 7. The van der Waals surface area contributed by atoms with E-state index in [4.69, 9.17) is 4.74 Å². The van der Waals surface area contributed by atoms with Crippen LogP contribution in [0.2, 0.25) is 0 Å². The average molecular weight is 536 g/mol. The summed E-state index contributed by atoms with van der Waals surface area (Å²) in [6.45, 7) is 1.23. The lowest BCUT2D eigenvalue weighted by atomic mass is 9.92. The number of halogens is 3. The van der Waals surface area contributed by atoms with Crippen LogP contribution in [-0.4, -0.2) is 73.6 Å². The summed E-state index contributed by atoms with van der Waals surface area (Å²) in [7, 11) is 2.77. The number of aryl methyl sites for hydroxylation is 1. The van der Waals surface area contributed by atoms with Crippen LogP contribution >= 0.6 is 0 Å². The molecule has 0 radical (unpaired) electrons. The molecule has 2 N–H and O–H groups in total. The van der Waals surface area contributed by atoms with E-state index >= 15 is 0 Å². The number of carbonyl (C=O) groups excluding carboxylic acids is 1. The third kappa shape index (κ3) is 4.99. The number of aliphatic hydroxyl groups is 1. The van der Waals surface area contributed by atoms with Crippen molar-refractivity contribution in [2.24, 2.45) is 7.05 Å². The first-order chi connectivity index (χ1) is 18.0. The van der Waals surface area contributed by atoms with Crippen LogP contribution in [-0.2, 0) is 13.2 Å². The van der Waals surface area contributed by atoms with Crippen molar-refractivity contribution in [3.8, 4) is 5.88 Å². The number of ether oxygens (including phenoxy) is 1. The Hall–Kier alpha value is -3.81. The molecule has 38 heavy (non-hydrogen) atoms. The molecule has 0 unspecified atom stereocenters. The molecule has 3 aromatic rings. The average Bonchev–Trinajstić information content (AvgIpc) is 3.31. The SMILES string of the molecule is CN(C(=O)Nc1cc(C(F)(F)F)cn(C)c1=O)C1CCN(c2cnn3cc(O[C@H]4CC[C@H]4O)ncc23)CC1. The second-order valence-corrected chi connectivity index (χ2v) is 9.70. The molecule has 2 aliphatic rings. The predicted octanol–water partition coefficient (Wildman–Crippen LogP) is 2.48. The summed E-state index contributed by atoms with van der Waals surface area (Å²) in [5.41, 5.74) is -0.505. The predicted molar refractivity (Wildman–Crippen MR) is 131 cm³/mol. The molecule has 1 saturated heterocycles. The highest BCUT2D eigenvalue weighted by Crippen LogP contribution is 2.31. The molecular weight excluding hydrogens is 507 g/mol. The van der Waals surface area contributed by atoms with Gasteiger partial charge in [0.15, 0.2) is 0 Å². The number of rotatable bonds is 5. The number of fused-ring (bicyclic) bond motifs is 1.